The Bertz CT molecular complexity index is 961. The maximum atomic E-state index is 13.6. The van der Waals surface area contributed by atoms with Crippen LogP contribution in [0.25, 0.3) is 0 Å². The van der Waals surface area contributed by atoms with E-state index in [1.807, 2.05) is 23.1 Å². The van der Waals surface area contributed by atoms with Crippen LogP contribution in [-0.4, -0.2) is 35.0 Å². The van der Waals surface area contributed by atoms with Gasteiger partial charge in [0.2, 0.25) is 5.91 Å². The summed E-state index contributed by atoms with van der Waals surface area (Å²) in [7, 11) is 0. The first-order valence-electron chi connectivity index (χ1n) is 11.4. The molecule has 1 N–H and O–H groups in total. The molecule has 7 nitrogen and oxygen atoms in total. The standard InChI is InChI=1S/C24H30N6O/c1-2-3-11-20-24(31)30(16-19-10-8-9-18(14-19)15-25)21-22(28-20)26-17-27-23(21)29-12-6-4-5-7-13-29/h8-10,14,17,20H,2-7,11-13,16H2,1H3,(H,26,27,28)/t20-/m0/s1. The number of anilines is 3. The number of carbonyl (C=O) groups excluding carboxylic acids is 1. The number of nitrogens with zero attached hydrogens (tertiary/aromatic N) is 5. The molecule has 162 valence electrons. The number of amides is 1. The summed E-state index contributed by atoms with van der Waals surface area (Å²) in [5.74, 6) is 1.61. The molecule has 0 spiro atoms. The van der Waals surface area contributed by atoms with E-state index in [0.717, 1.165) is 68.1 Å². The van der Waals surface area contributed by atoms with E-state index in [1.165, 1.54) is 12.8 Å². The molecule has 0 unspecified atom stereocenters. The van der Waals surface area contributed by atoms with Crippen LogP contribution in [0, 0.1) is 11.3 Å². The average Bonchev–Trinajstić information content (AvgIpc) is 3.09. The van der Waals surface area contributed by atoms with Crippen molar-refractivity contribution in [2.75, 3.05) is 28.2 Å². The maximum absolute atomic E-state index is 13.6. The SMILES string of the molecule is CCCC[C@@H]1Nc2ncnc(N3CCCCCC3)c2N(Cc2cccc(C#N)c2)C1=O. The molecule has 1 amide bonds. The molecule has 0 saturated carbocycles. The number of hydrogen-bond acceptors (Lipinski definition) is 6. The van der Waals surface area contributed by atoms with Gasteiger partial charge in [0.1, 0.15) is 18.1 Å². The Labute approximate surface area is 184 Å². The highest BCUT2D eigenvalue weighted by atomic mass is 16.2. The third-order valence-corrected chi connectivity index (χ3v) is 6.10. The van der Waals surface area contributed by atoms with Crippen LogP contribution in [0.3, 0.4) is 0 Å². The van der Waals surface area contributed by atoms with E-state index in [1.54, 1.807) is 12.4 Å². The van der Waals surface area contributed by atoms with Gasteiger partial charge < -0.3 is 10.2 Å². The summed E-state index contributed by atoms with van der Waals surface area (Å²) in [6.45, 7) is 4.41. The molecule has 0 bridgehead atoms. The van der Waals surface area contributed by atoms with Crippen LogP contribution >= 0.6 is 0 Å². The minimum Gasteiger partial charge on any atom is -0.356 e. The molecule has 1 fully saturated rings. The van der Waals surface area contributed by atoms with Crippen LogP contribution in [0.5, 0.6) is 0 Å². The summed E-state index contributed by atoms with van der Waals surface area (Å²) in [6, 6.07) is 9.37. The van der Waals surface area contributed by atoms with Gasteiger partial charge in [0.15, 0.2) is 11.6 Å². The van der Waals surface area contributed by atoms with Crippen molar-refractivity contribution >= 4 is 23.2 Å². The number of carbonyl (C=O) groups is 1. The minimum atomic E-state index is -0.293. The van der Waals surface area contributed by atoms with Gasteiger partial charge in [0.25, 0.3) is 0 Å². The monoisotopic (exact) mass is 418 g/mol. The van der Waals surface area contributed by atoms with Crippen LogP contribution in [0.4, 0.5) is 17.3 Å². The first kappa shape index (κ1) is 21.1. The molecule has 0 radical (unpaired) electrons. The summed E-state index contributed by atoms with van der Waals surface area (Å²) in [4.78, 5) is 26.9. The summed E-state index contributed by atoms with van der Waals surface area (Å²) < 4.78 is 0. The third-order valence-electron chi connectivity index (χ3n) is 6.10. The summed E-state index contributed by atoms with van der Waals surface area (Å²) in [6.07, 6.45) is 9.09. The van der Waals surface area contributed by atoms with Crippen LogP contribution in [0.1, 0.15) is 63.0 Å². The highest BCUT2D eigenvalue weighted by Crippen LogP contribution is 2.39. The molecule has 2 aromatic rings. The van der Waals surface area contributed by atoms with Crippen molar-refractivity contribution in [3.8, 4) is 6.07 Å². The largest absolute Gasteiger partial charge is 0.356 e. The molecular formula is C24H30N6O. The molecule has 1 atom stereocenters. The van der Waals surface area contributed by atoms with E-state index in [9.17, 15) is 10.1 Å². The van der Waals surface area contributed by atoms with Crippen molar-refractivity contribution in [3.63, 3.8) is 0 Å². The van der Waals surface area contributed by atoms with Crippen LogP contribution in [-0.2, 0) is 11.3 Å². The van der Waals surface area contributed by atoms with E-state index in [0.29, 0.717) is 12.1 Å². The van der Waals surface area contributed by atoms with Crippen LogP contribution in [0.15, 0.2) is 30.6 Å². The van der Waals surface area contributed by atoms with Gasteiger partial charge in [-0.05, 0) is 37.0 Å². The molecule has 31 heavy (non-hydrogen) atoms. The number of hydrogen-bond donors (Lipinski definition) is 1. The number of aromatic nitrogens is 2. The van der Waals surface area contributed by atoms with Gasteiger partial charge in [-0.1, -0.05) is 44.7 Å². The minimum absolute atomic E-state index is 0.0502. The number of rotatable bonds is 6. The Morgan fingerprint density at radius 2 is 2.00 bits per heavy atom. The van der Waals surface area contributed by atoms with Gasteiger partial charge in [-0.25, -0.2) is 9.97 Å². The smallest absolute Gasteiger partial charge is 0.250 e. The van der Waals surface area contributed by atoms with Crippen molar-refractivity contribution in [1.29, 1.82) is 5.26 Å². The molecule has 2 aliphatic rings. The number of nitriles is 1. The molecule has 1 saturated heterocycles. The lowest BCUT2D eigenvalue weighted by molar-refractivity contribution is -0.119. The van der Waals surface area contributed by atoms with Crippen molar-refractivity contribution in [3.05, 3.63) is 41.7 Å². The zero-order valence-corrected chi connectivity index (χ0v) is 18.2. The molecule has 3 heterocycles. The Hall–Kier alpha value is -3.14. The van der Waals surface area contributed by atoms with Gasteiger partial charge in [-0.2, -0.15) is 5.26 Å². The second kappa shape index (κ2) is 9.78. The fourth-order valence-electron chi connectivity index (χ4n) is 4.45. The fraction of sp³-hybridized carbons (Fsp3) is 0.500. The normalized spacial score (nSPS) is 18.7. The van der Waals surface area contributed by atoms with Gasteiger partial charge in [-0.15, -0.1) is 0 Å². The first-order valence-corrected chi connectivity index (χ1v) is 11.4. The number of unbranched alkanes of at least 4 members (excludes halogenated alkanes) is 1. The maximum Gasteiger partial charge on any atom is 0.250 e. The van der Waals surface area contributed by atoms with Gasteiger partial charge in [-0.3, -0.25) is 9.69 Å². The fourth-order valence-corrected chi connectivity index (χ4v) is 4.45. The number of nitrogens with one attached hydrogen (secondary N) is 1. The molecule has 0 aliphatic carbocycles. The van der Waals surface area contributed by atoms with Crippen LogP contribution < -0.4 is 15.1 Å². The predicted octanol–water partition coefficient (Wildman–Crippen LogP) is 4.25. The second-order valence-corrected chi connectivity index (χ2v) is 8.37. The zero-order valence-electron chi connectivity index (χ0n) is 18.2. The predicted molar refractivity (Wildman–Crippen MR) is 122 cm³/mol. The van der Waals surface area contributed by atoms with E-state index in [4.69, 9.17) is 0 Å². The molecule has 7 heteroatoms. The van der Waals surface area contributed by atoms with Crippen molar-refractivity contribution < 1.29 is 4.79 Å². The van der Waals surface area contributed by atoms with E-state index in [-0.39, 0.29) is 11.9 Å². The average molecular weight is 419 g/mol. The summed E-state index contributed by atoms with van der Waals surface area (Å²) in [5, 5.41) is 12.7. The lowest BCUT2D eigenvalue weighted by Crippen LogP contribution is -2.48. The zero-order chi connectivity index (χ0) is 21.6. The Morgan fingerprint density at radius 3 is 2.74 bits per heavy atom. The highest BCUT2D eigenvalue weighted by molar-refractivity contribution is 6.06. The molecule has 1 aromatic heterocycles. The lowest BCUT2D eigenvalue weighted by Gasteiger charge is -2.37. The van der Waals surface area contributed by atoms with Crippen molar-refractivity contribution in [2.45, 2.75) is 64.5 Å². The molecule has 1 aromatic carbocycles. The summed E-state index contributed by atoms with van der Waals surface area (Å²) >= 11 is 0. The highest BCUT2D eigenvalue weighted by Gasteiger charge is 2.36. The van der Waals surface area contributed by atoms with Crippen LogP contribution in [0.2, 0.25) is 0 Å². The van der Waals surface area contributed by atoms with E-state index < -0.39 is 0 Å². The van der Waals surface area contributed by atoms with Crippen molar-refractivity contribution in [2.24, 2.45) is 0 Å². The Kier molecular flexibility index (Phi) is 6.66. The Balaban J connectivity index is 1.74. The lowest BCUT2D eigenvalue weighted by atomic mass is 10.0. The Morgan fingerprint density at radius 1 is 1.19 bits per heavy atom. The quantitative estimate of drug-likeness (QED) is 0.755. The third kappa shape index (κ3) is 4.63. The number of fused-ring (bicyclic) bond motifs is 1. The van der Waals surface area contributed by atoms with Gasteiger partial charge >= 0.3 is 0 Å². The number of benzene rings is 1. The van der Waals surface area contributed by atoms with Gasteiger partial charge in [0.05, 0.1) is 18.2 Å². The topological polar surface area (TPSA) is 85.2 Å². The van der Waals surface area contributed by atoms with E-state index >= 15 is 0 Å². The summed E-state index contributed by atoms with van der Waals surface area (Å²) in [5.41, 5.74) is 2.30. The molecule has 4 rings (SSSR count). The van der Waals surface area contributed by atoms with E-state index in [2.05, 4.69) is 33.2 Å². The second-order valence-electron chi connectivity index (χ2n) is 8.37. The van der Waals surface area contributed by atoms with Crippen molar-refractivity contribution in [1.82, 2.24) is 9.97 Å². The molecule has 2 aliphatic heterocycles. The molecular weight excluding hydrogens is 388 g/mol. The first-order chi connectivity index (χ1) is 15.2. The van der Waals surface area contributed by atoms with Gasteiger partial charge in [0, 0.05) is 13.1 Å².